The number of rotatable bonds is 5. The highest BCUT2D eigenvalue weighted by Crippen LogP contribution is 2.29. The largest absolute Gasteiger partial charge is 0.348 e. The minimum atomic E-state index is -0.368. The van der Waals surface area contributed by atoms with Gasteiger partial charge in [0.15, 0.2) is 5.13 Å². The van der Waals surface area contributed by atoms with E-state index in [1.807, 2.05) is 36.4 Å². The number of hydrogen-bond acceptors (Lipinski definition) is 5. The van der Waals surface area contributed by atoms with E-state index in [0.29, 0.717) is 16.7 Å². The molecule has 1 fully saturated rings. The molecule has 1 aliphatic rings. The molecule has 3 rings (SSSR count). The minimum Gasteiger partial charge on any atom is -0.348 e. The van der Waals surface area contributed by atoms with E-state index in [2.05, 4.69) is 17.2 Å². The number of carbonyl (C=O) groups is 2. The van der Waals surface area contributed by atoms with Gasteiger partial charge < -0.3 is 5.32 Å². The van der Waals surface area contributed by atoms with Gasteiger partial charge >= 0.3 is 0 Å². The van der Waals surface area contributed by atoms with E-state index in [0.717, 1.165) is 24.9 Å². The number of para-hydroxylation sites is 1. The highest BCUT2D eigenvalue weighted by molar-refractivity contribution is 7.14. The van der Waals surface area contributed by atoms with Crippen LogP contribution in [-0.4, -0.2) is 22.8 Å². The van der Waals surface area contributed by atoms with Gasteiger partial charge in [0.05, 0.1) is 11.4 Å². The molecule has 29 heavy (non-hydrogen) atoms. The number of aromatic nitrogens is 1. The van der Waals surface area contributed by atoms with Gasteiger partial charge in [-0.1, -0.05) is 38.0 Å². The fourth-order valence-corrected chi connectivity index (χ4v) is 4.37. The second kappa shape index (κ2) is 9.48. The first kappa shape index (κ1) is 20.7. The number of thiazole rings is 1. The molecule has 1 saturated carbocycles. The Kier molecular flexibility index (Phi) is 6.78. The van der Waals surface area contributed by atoms with Gasteiger partial charge in [0.2, 0.25) is 5.91 Å². The molecule has 0 spiro atoms. The van der Waals surface area contributed by atoms with Crippen LogP contribution in [0.1, 0.15) is 45.2 Å². The number of nitrogens with one attached hydrogen (secondary N) is 1. The molecular formula is C22H24N4O2S. The summed E-state index contributed by atoms with van der Waals surface area (Å²) in [5.74, 6) is -0.119. The lowest BCUT2D eigenvalue weighted by molar-refractivity contribution is -0.118. The third kappa shape index (κ3) is 5.09. The van der Waals surface area contributed by atoms with Crippen LogP contribution in [-0.2, 0) is 9.59 Å². The number of hydrogen-bond donors (Lipinski definition) is 1. The molecule has 2 amide bonds. The van der Waals surface area contributed by atoms with Gasteiger partial charge in [-0.25, -0.2) is 4.98 Å². The molecule has 0 saturated heterocycles. The van der Waals surface area contributed by atoms with E-state index < -0.39 is 0 Å². The standard InChI is InChI=1S/C22H24N4O2S/c1-15-8-6-7-11-20(15)25-21(28)17(13-23)12-18-14-29-22(24-18)26(16(2)27)19-9-4-3-5-10-19/h3-5,9-10,12,14-15,20H,6-8,11H2,1-2H3,(H,25,28)/b17-12+/t15-,20-/m1/s1. The monoisotopic (exact) mass is 408 g/mol. The molecule has 1 N–H and O–H groups in total. The van der Waals surface area contributed by atoms with Gasteiger partial charge in [-0.05, 0) is 37.0 Å². The van der Waals surface area contributed by atoms with Crippen LogP contribution in [0, 0.1) is 17.2 Å². The van der Waals surface area contributed by atoms with Crippen LogP contribution in [0.15, 0.2) is 41.3 Å². The quantitative estimate of drug-likeness (QED) is 0.586. The average molecular weight is 409 g/mol. The molecule has 1 heterocycles. The molecule has 1 aromatic heterocycles. The second-order valence-electron chi connectivity index (χ2n) is 7.26. The zero-order valence-corrected chi connectivity index (χ0v) is 17.4. The van der Waals surface area contributed by atoms with E-state index in [1.165, 1.54) is 35.7 Å². The van der Waals surface area contributed by atoms with E-state index in [9.17, 15) is 14.9 Å². The summed E-state index contributed by atoms with van der Waals surface area (Å²) in [5, 5.41) is 14.7. The highest BCUT2D eigenvalue weighted by Gasteiger charge is 2.24. The Balaban J connectivity index is 1.79. The number of anilines is 2. The van der Waals surface area contributed by atoms with E-state index >= 15 is 0 Å². The normalized spacial score (nSPS) is 19.3. The Morgan fingerprint density at radius 2 is 2.00 bits per heavy atom. The Labute approximate surface area is 174 Å². The predicted molar refractivity (Wildman–Crippen MR) is 115 cm³/mol. The lowest BCUT2D eigenvalue weighted by Crippen LogP contribution is -2.41. The second-order valence-corrected chi connectivity index (χ2v) is 8.09. The fraction of sp³-hybridized carbons (Fsp3) is 0.364. The lowest BCUT2D eigenvalue weighted by Gasteiger charge is -2.29. The molecule has 7 heteroatoms. The van der Waals surface area contributed by atoms with Crippen molar-refractivity contribution >= 4 is 40.0 Å². The third-order valence-electron chi connectivity index (χ3n) is 5.12. The van der Waals surface area contributed by atoms with Crippen molar-refractivity contribution in [1.29, 1.82) is 5.26 Å². The average Bonchev–Trinajstić information content (AvgIpc) is 3.16. The summed E-state index contributed by atoms with van der Waals surface area (Å²) in [6, 6.07) is 11.3. The summed E-state index contributed by atoms with van der Waals surface area (Å²) in [7, 11) is 0. The van der Waals surface area contributed by atoms with Crippen LogP contribution in [0.5, 0.6) is 0 Å². The highest BCUT2D eigenvalue weighted by atomic mass is 32.1. The van der Waals surface area contributed by atoms with E-state index in [4.69, 9.17) is 0 Å². The van der Waals surface area contributed by atoms with Crippen LogP contribution in [0.3, 0.4) is 0 Å². The molecule has 0 bridgehead atoms. The maximum atomic E-state index is 12.6. The molecule has 0 radical (unpaired) electrons. The summed E-state index contributed by atoms with van der Waals surface area (Å²) in [6.07, 6.45) is 5.79. The van der Waals surface area contributed by atoms with Crippen molar-refractivity contribution in [3.8, 4) is 6.07 Å². The van der Waals surface area contributed by atoms with Crippen molar-refractivity contribution < 1.29 is 9.59 Å². The van der Waals surface area contributed by atoms with Crippen molar-refractivity contribution in [3.63, 3.8) is 0 Å². The van der Waals surface area contributed by atoms with Crippen molar-refractivity contribution in [2.75, 3.05) is 4.90 Å². The first-order valence-electron chi connectivity index (χ1n) is 9.73. The zero-order valence-electron chi connectivity index (χ0n) is 16.6. The molecule has 2 aromatic rings. The summed E-state index contributed by atoms with van der Waals surface area (Å²) < 4.78 is 0. The third-order valence-corrected chi connectivity index (χ3v) is 5.96. The van der Waals surface area contributed by atoms with Crippen LogP contribution in [0.4, 0.5) is 10.8 Å². The van der Waals surface area contributed by atoms with Gasteiger partial charge in [0, 0.05) is 18.3 Å². The summed E-state index contributed by atoms with van der Waals surface area (Å²) >= 11 is 1.29. The predicted octanol–water partition coefficient (Wildman–Crippen LogP) is 4.43. The van der Waals surface area contributed by atoms with Crippen LogP contribution in [0.25, 0.3) is 6.08 Å². The van der Waals surface area contributed by atoms with Crippen molar-refractivity contribution in [1.82, 2.24) is 10.3 Å². The van der Waals surface area contributed by atoms with Gasteiger partial charge in [0.25, 0.3) is 5.91 Å². The summed E-state index contributed by atoms with van der Waals surface area (Å²) in [4.78, 5) is 30.7. The van der Waals surface area contributed by atoms with Crippen LogP contribution >= 0.6 is 11.3 Å². The van der Waals surface area contributed by atoms with E-state index in [-0.39, 0.29) is 23.4 Å². The molecule has 150 valence electrons. The number of nitriles is 1. The lowest BCUT2D eigenvalue weighted by atomic mass is 9.86. The van der Waals surface area contributed by atoms with Gasteiger partial charge in [0.1, 0.15) is 11.6 Å². The van der Waals surface area contributed by atoms with Gasteiger partial charge in [-0.15, -0.1) is 11.3 Å². The molecule has 0 aliphatic heterocycles. The van der Waals surface area contributed by atoms with Gasteiger partial charge in [-0.3, -0.25) is 14.5 Å². The Morgan fingerprint density at radius 3 is 2.66 bits per heavy atom. The number of benzene rings is 1. The van der Waals surface area contributed by atoms with Gasteiger partial charge in [-0.2, -0.15) is 5.26 Å². The van der Waals surface area contributed by atoms with Crippen LogP contribution in [0.2, 0.25) is 0 Å². The van der Waals surface area contributed by atoms with Crippen molar-refractivity contribution in [2.45, 2.75) is 45.6 Å². The maximum Gasteiger partial charge on any atom is 0.262 e. The number of nitrogens with zero attached hydrogens (tertiary/aromatic N) is 3. The molecule has 1 aliphatic carbocycles. The molecule has 2 atom stereocenters. The Hall–Kier alpha value is -2.98. The summed E-state index contributed by atoms with van der Waals surface area (Å²) in [6.45, 7) is 3.61. The molecule has 0 unspecified atom stereocenters. The smallest absolute Gasteiger partial charge is 0.262 e. The van der Waals surface area contributed by atoms with E-state index in [1.54, 1.807) is 5.38 Å². The first-order valence-corrected chi connectivity index (χ1v) is 10.6. The Morgan fingerprint density at radius 1 is 1.28 bits per heavy atom. The topological polar surface area (TPSA) is 86.1 Å². The van der Waals surface area contributed by atoms with Crippen molar-refractivity contribution in [2.24, 2.45) is 5.92 Å². The molecular weight excluding hydrogens is 384 g/mol. The summed E-state index contributed by atoms with van der Waals surface area (Å²) in [5.41, 5.74) is 1.22. The molecule has 6 nitrogen and oxygen atoms in total. The number of amides is 2. The zero-order chi connectivity index (χ0) is 20.8. The Bertz CT molecular complexity index is 945. The SMILES string of the molecule is CC(=O)N(c1ccccc1)c1nc(/C=C(\C#N)C(=O)N[C@@H]2CCCC[C@H]2C)cs1. The molecule has 1 aromatic carbocycles. The van der Waals surface area contributed by atoms with Crippen molar-refractivity contribution in [3.05, 3.63) is 47.0 Å². The maximum absolute atomic E-state index is 12.6. The minimum absolute atomic E-state index is 0.0220. The first-order chi connectivity index (χ1) is 14.0. The fourth-order valence-electron chi connectivity index (χ4n) is 3.52. The van der Waals surface area contributed by atoms with Crippen LogP contribution < -0.4 is 10.2 Å². The number of carbonyl (C=O) groups excluding carboxylic acids is 2.